The number of benzene rings is 1. The zero-order valence-electron chi connectivity index (χ0n) is 15.0. The van der Waals surface area contributed by atoms with Crippen molar-refractivity contribution in [1.29, 1.82) is 0 Å². The van der Waals surface area contributed by atoms with Crippen molar-refractivity contribution >= 4 is 18.5 Å². The van der Waals surface area contributed by atoms with Crippen LogP contribution in [0.15, 0.2) is 24.4 Å². The zero-order valence-corrected chi connectivity index (χ0v) is 12.9. The second kappa shape index (κ2) is 5.70. The molecule has 1 aromatic heterocycles. The predicted molar refractivity (Wildman–Crippen MR) is 85.0 cm³/mol. The Hall–Kier alpha value is -1.33. The highest BCUT2D eigenvalue weighted by atomic mass is 31.2. The van der Waals surface area contributed by atoms with Gasteiger partial charge in [-0.15, -0.1) is 0 Å². The van der Waals surface area contributed by atoms with Gasteiger partial charge in [0.2, 0.25) is 0 Å². The summed E-state index contributed by atoms with van der Waals surface area (Å²) in [4.78, 5) is 20.1. The molecular weight excluding hydrogens is 303 g/mol. The van der Waals surface area contributed by atoms with Crippen molar-refractivity contribution < 1.29 is 23.6 Å². The van der Waals surface area contributed by atoms with Gasteiger partial charge >= 0.3 is 7.60 Å². The molecule has 0 unspecified atom stereocenters. The molecule has 2 aromatic rings. The highest BCUT2D eigenvalue weighted by molar-refractivity contribution is 7.50. The van der Waals surface area contributed by atoms with E-state index in [0.717, 1.165) is 12.8 Å². The van der Waals surface area contributed by atoms with Gasteiger partial charge in [-0.3, -0.25) is 4.57 Å². The Morgan fingerprint density at radius 3 is 3.00 bits per heavy atom. The van der Waals surface area contributed by atoms with Crippen molar-refractivity contribution in [3.8, 4) is 5.75 Å². The number of nitrogens with zero attached hydrogens (tertiary/aromatic N) is 2. The van der Waals surface area contributed by atoms with Crippen LogP contribution in [-0.2, 0) is 17.3 Å². The van der Waals surface area contributed by atoms with Crippen molar-refractivity contribution in [3.63, 3.8) is 0 Å². The van der Waals surface area contributed by atoms with E-state index in [4.69, 9.17) is 4.11 Å². The molecule has 0 saturated carbocycles. The van der Waals surface area contributed by atoms with Gasteiger partial charge in [0.15, 0.2) is 0 Å². The quantitative estimate of drug-likeness (QED) is 0.749. The lowest BCUT2D eigenvalue weighted by molar-refractivity contribution is 0.309. The maximum Gasteiger partial charge on any atom is 0.345 e. The average Bonchev–Trinajstić information content (AvgIpc) is 3.04. The Bertz CT molecular complexity index is 830. The fourth-order valence-electron chi connectivity index (χ4n) is 3.19. The Morgan fingerprint density at radius 2 is 2.27 bits per heavy atom. The van der Waals surface area contributed by atoms with Crippen LogP contribution < -0.4 is 0 Å². The van der Waals surface area contributed by atoms with E-state index in [1.54, 1.807) is 18.3 Å². The van der Waals surface area contributed by atoms with Crippen LogP contribution >= 0.6 is 7.60 Å². The van der Waals surface area contributed by atoms with Crippen molar-refractivity contribution in [3.05, 3.63) is 30.0 Å². The second-order valence-electron chi connectivity index (χ2n) is 5.80. The molecule has 2 heterocycles. The number of hydrogen-bond donors (Lipinski definition) is 3. The average molecular weight is 327 g/mol. The van der Waals surface area contributed by atoms with Gasteiger partial charge in [0, 0.05) is 21.7 Å². The zero-order chi connectivity index (χ0) is 18.4. The predicted octanol–water partition coefficient (Wildman–Crippen LogP) is 2.12. The number of rotatable bonds is 4. The molecule has 1 atom stereocenters. The summed E-state index contributed by atoms with van der Waals surface area (Å²) in [6.45, 7) is -1.68. The lowest BCUT2D eigenvalue weighted by atomic mass is 10.0. The third-order valence-electron chi connectivity index (χ3n) is 4.13. The summed E-state index contributed by atoms with van der Waals surface area (Å²) in [6, 6.07) is 4.62. The highest BCUT2D eigenvalue weighted by Crippen LogP contribution is 2.40. The van der Waals surface area contributed by atoms with Gasteiger partial charge in [0.1, 0.15) is 12.0 Å². The van der Waals surface area contributed by atoms with E-state index in [1.807, 2.05) is 0 Å². The molecule has 3 rings (SSSR count). The maximum atomic E-state index is 11.4. The molecule has 6 nitrogen and oxygen atoms in total. The van der Waals surface area contributed by atoms with E-state index in [9.17, 15) is 19.5 Å². The fraction of sp³-hybridized carbons (Fsp3) is 0.467. The minimum absolute atomic E-state index is 0.0235. The van der Waals surface area contributed by atoms with Gasteiger partial charge < -0.3 is 24.4 Å². The molecule has 1 aliphatic heterocycles. The third-order valence-corrected chi connectivity index (χ3v) is 4.81. The second-order valence-corrected chi connectivity index (χ2v) is 7.41. The molecule has 1 aliphatic rings. The smallest absolute Gasteiger partial charge is 0.345 e. The number of aromatic hydroxyl groups is 1. The SMILES string of the molecule is [2H]C([2H])([2H])N1CCC[C@@H]1Cc1cn(CP(=O)(O)O)c2cccc(O)c12. The van der Waals surface area contributed by atoms with E-state index in [0.29, 0.717) is 29.4 Å². The molecule has 1 aromatic carbocycles. The number of likely N-dealkylation sites (N-methyl/N-ethyl adjacent to an activating group) is 1. The van der Waals surface area contributed by atoms with E-state index in [2.05, 4.69) is 0 Å². The molecule has 0 aliphatic carbocycles. The molecule has 3 N–H and O–H groups in total. The lowest BCUT2D eigenvalue weighted by Gasteiger charge is -2.18. The molecular formula is C15H21N2O4P. The van der Waals surface area contributed by atoms with Crippen LogP contribution in [0.3, 0.4) is 0 Å². The first-order chi connectivity index (χ1) is 11.6. The van der Waals surface area contributed by atoms with E-state index in [-0.39, 0.29) is 11.8 Å². The Balaban J connectivity index is 2.00. The molecule has 22 heavy (non-hydrogen) atoms. The molecule has 0 spiro atoms. The fourth-order valence-corrected chi connectivity index (χ4v) is 3.82. The van der Waals surface area contributed by atoms with Gasteiger partial charge in [-0.2, -0.15) is 0 Å². The number of likely N-dealkylation sites (tertiary alicyclic amines) is 1. The van der Waals surface area contributed by atoms with Crippen LogP contribution in [-0.4, -0.2) is 43.9 Å². The minimum atomic E-state index is -4.29. The monoisotopic (exact) mass is 327 g/mol. The van der Waals surface area contributed by atoms with Crippen molar-refractivity contribution in [2.24, 2.45) is 0 Å². The number of phenols is 1. The first-order valence-corrected chi connectivity index (χ1v) is 8.97. The van der Waals surface area contributed by atoms with Crippen LogP contribution in [0.2, 0.25) is 0 Å². The lowest BCUT2D eigenvalue weighted by Crippen LogP contribution is -2.26. The summed E-state index contributed by atoms with van der Waals surface area (Å²) in [5, 5.41) is 10.8. The first kappa shape index (κ1) is 12.1. The van der Waals surface area contributed by atoms with Gasteiger partial charge in [0.05, 0.1) is 5.52 Å². The molecule has 7 heteroatoms. The van der Waals surface area contributed by atoms with Gasteiger partial charge in [-0.25, -0.2) is 0 Å². The summed E-state index contributed by atoms with van der Waals surface area (Å²) >= 11 is 0. The standard InChI is InChI=1S/C15H21N2O4P/c1-16-7-3-4-12(16)8-11-9-17(10-22(19,20)21)13-5-2-6-14(18)15(11)13/h2,5-6,9,12,18H,3-4,7-8,10H2,1H3,(H2,19,20,21)/t12-/m1/s1/i1D3. The van der Waals surface area contributed by atoms with Crippen LogP contribution in [0.4, 0.5) is 0 Å². The number of fused-ring (bicyclic) bond motifs is 1. The van der Waals surface area contributed by atoms with Gasteiger partial charge in [-0.05, 0) is 50.5 Å². The number of hydrogen-bond acceptors (Lipinski definition) is 3. The summed E-state index contributed by atoms with van der Waals surface area (Å²) in [6.07, 6.45) is 3.05. The minimum Gasteiger partial charge on any atom is -0.507 e. The topological polar surface area (TPSA) is 85.9 Å². The summed E-state index contributed by atoms with van der Waals surface area (Å²) in [5.74, 6) is 0.0235. The summed E-state index contributed by atoms with van der Waals surface area (Å²) in [7, 11) is -4.29. The Morgan fingerprint density at radius 1 is 1.45 bits per heavy atom. The van der Waals surface area contributed by atoms with E-state index < -0.39 is 20.9 Å². The normalized spacial score (nSPS) is 22.6. The third kappa shape index (κ3) is 3.06. The van der Waals surface area contributed by atoms with Crippen molar-refractivity contribution in [2.45, 2.75) is 31.6 Å². The highest BCUT2D eigenvalue weighted by Gasteiger charge is 2.24. The van der Waals surface area contributed by atoms with Crippen LogP contribution in [0.25, 0.3) is 10.9 Å². The molecule has 1 saturated heterocycles. The molecule has 1 fully saturated rings. The largest absolute Gasteiger partial charge is 0.507 e. The maximum absolute atomic E-state index is 11.4. The molecule has 0 bridgehead atoms. The van der Waals surface area contributed by atoms with Gasteiger partial charge in [0.25, 0.3) is 0 Å². The molecule has 0 radical (unpaired) electrons. The summed E-state index contributed by atoms with van der Waals surface area (Å²) in [5.41, 5.74) is 1.22. The van der Waals surface area contributed by atoms with Crippen LogP contribution in [0.1, 0.15) is 22.5 Å². The molecule has 0 amide bonds. The summed E-state index contributed by atoms with van der Waals surface area (Å²) < 4.78 is 35.8. The van der Waals surface area contributed by atoms with Crippen LogP contribution in [0.5, 0.6) is 5.75 Å². The van der Waals surface area contributed by atoms with E-state index in [1.165, 1.54) is 15.5 Å². The molecule has 120 valence electrons. The Labute approximate surface area is 133 Å². The first-order valence-electron chi connectivity index (χ1n) is 8.67. The van der Waals surface area contributed by atoms with E-state index >= 15 is 0 Å². The van der Waals surface area contributed by atoms with Gasteiger partial charge in [-0.1, -0.05) is 6.07 Å². The Kier molecular flexibility index (Phi) is 3.15. The van der Waals surface area contributed by atoms with Crippen molar-refractivity contribution in [2.75, 3.05) is 13.5 Å². The number of phenolic OH excluding ortho intramolecular Hbond substituents is 1. The van der Waals surface area contributed by atoms with Crippen LogP contribution in [0, 0.1) is 0 Å². The van der Waals surface area contributed by atoms with Crippen molar-refractivity contribution in [1.82, 2.24) is 9.47 Å². The number of aromatic nitrogens is 1.